The Balaban J connectivity index is 1.44. The minimum absolute atomic E-state index is 0.0555. The second kappa shape index (κ2) is 7.93. The summed E-state index contributed by atoms with van der Waals surface area (Å²) >= 11 is 0. The van der Waals surface area contributed by atoms with Gasteiger partial charge in [-0.05, 0) is 25.1 Å². The van der Waals surface area contributed by atoms with Crippen molar-refractivity contribution in [3.8, 4) is 22.5 Å². The lowest BCUT2D eigenvalue weighted by atomic mass is 10.2. The first kappa shape index (κ1) is 18.4. The third-order valence-corrected chi connectivity index (χ3v) is 4.20. The van der Waals surface area contributed by atoms with E-state index < -0.39 is 5.95 Å². The number of carbonyl (C=O) groups excluding carboxylic acids is 1. The minimum atomic E-state index is -0.580. The zero-order chi connectivity index (χ0) is 20.2. The van der Waals surface area contributed by atoms with Crippen LogP contribution in [0, 0.1) is 12.9 Å². The summed E-state index contributed by atoms with van der Waals surface area (Å²) in [6, 6.07) is 6.48. The van der Waals surface area contributed by atoms with Crippen molar-refractivity contribution in [2.24, 2.45) is 0 Å². The van der Waals surface area contributed by atoms with Gasteiger partial charge in [-0.2, -0.15) is 4.39 Å². The smallest absolute Gasteiger partial charge is 0.245 e. The fraction of sp³-hybridized carbons (Fsp3) is 0.100. The summed E-state index contributed by atoms with van der Waals surface area (Å²) in [6.45, 7) is 1.84. The molecule has 9 heteroatoms. The quantitative estimate of drug-likeness (QED) is 0.527. The van der Waals surface area contributed by atoms with Gasteiger partial charge in [0.05, 0.1) is 17.6 Å². The van der Waals surface area contributed by atoms with Gasteiger partial charge < -0.3 is 9.88 Å². The van der Waals surface area contributed by atoms with Crippen LogP contribution in [0.25, 0.3) is 22.5 Å². The van der Waals surface area contributed by atoms with Gasteiger partial charge in [-0.25, -0.2) is 15.0 Å². The van der Waals surface area contributed by atoms with Crippen molar-refractivity contribution < 1.29 is 9.18 Å². The topological polar surface area (TPSA) is 98.5 Å². The van der Waals surface area contributed by atoms with Crippen molar-refractivity contribution in [3.05, 3.63) is 73.2 Å². The molecule has 0 bridgehead atoms. The molecule has 8 nitrogen and oxygen atoms in total. The lowest BCUT2D eigenvalue weighted by Crippen LogP contribution is -2.19. The molecule has 0 aliphatic rings. The maximum absolute atomic E-state index is 13.3. The fourth-order valence-corrected chi connectivity index (χ4v) is 2.77. The van der Waals surface area contributed by atoms with E-state index in [4.69, 9.17) is 0 Å². The molecule has 29 heavy (non-hydrogen) atoms. The Bertz CT molecular complexity index is 1140. The van der Waals surface area contributed by atoms with E-state index in [1.54, 1.807) is 54.6 Å². The first-order valence-corrected chi connectivity index (χ1v) is 8.76. The number of nitrogens with zero attached hydrogens (tertiary/aromatic N) is 6. The summed E-state index contributed by atoms with van der Waals surface area (Å²) in [5, 5.41) is 2.75. The Morgan fingerprint density at radius 2 is 1.93 bits per heavy atom. The van der Waals surface area contributed by atoms with E-state index in [1.807, 2.05) is 6.07 Å². The van der Waals surface area contributed by atoms with Crippen LogP contribution in [-0.4, -0.2) is 35.4 Å². The van der Waals surface area contributed by atoms with Crippen LogP contribution in [0.15, 0.2) is 61.4 Å². The van der Waals surface area contributed by atoms with Gasteiger partial charge in [-0.15, -0.1) is 0 Å². The van der Waals surface area contributed by atoms with Crippen molar-refractivity contribution in [2.75, 3.05) is 5.32 Å². The number of anilines is 1. The van der Waals surface area contributed by atoms with Gasteiger partial charge in [-0.3, -0.25) is 14.8 Å². The second-order valence-electron chi connectivity index (χ2n) is 6.24. The zero-order valence-electron chi connectivity index (χ0n) is 15.5. The number of pyridine rings is 2. The SMILES string of the molecule is Cc1nc(-c2ccnc(F)c2)cn1CC(=O)Nc1ccc(-c2cnccn2)cn1. The lowest BCUT2D eigenvalue weighted by molar-refractivity contribution is -0.116. The third kappa shape index (κ3) is 4.29. The molecule has 1 N–H and O–H groups in total. The number of aromatic nitrogens is 6. The monoisotopic (exact) mass is 389 g/mol. The molecule has 0 unspecified atom stereocenters. The predicted molar refractivity (Wildman–Crippen MR) is 104 cm³/mol. The summed E-state index contributed by atoms with van der Waals surface area (Å²) in [4.78, 5) is 32.8. The molecule has 0 aromatic carbocycles. The molecule has 0 saturated heterocycles. The van der Waals surface area contributed by atoms with E-state index in [-0.39, 0.29) is 12.5 Å². The highest BCUT2D eigenvalue weighted by atomic mass is 19.1. The van der Waals surface area contributed by atoms with Crippen LogP contribution < -0.4 is 5.32 Å². The number of imidazole rings is 1. The van der Waals surface area contributed by atoms with Crippen molar-refractivity contribution in [3.63, 3.8) is 0 Å². The molecule has 0 spiro atoms. The van der Waals surface area contributed by atoms with Gasteiger partial charge >= 0.3 is 0 Å². The number of carbonyl (C=O) groups is 1. The molecule has 1 amide bonds. The molecule has 0 aliphatic heterocycles. The Morgan fingerprint density at radius 1 is 1.03 bits per heavy atom. The van der Waals surface area contributed by atoms with Gasteiger partial charge in [0.2, 0.25) is 11.9 Å². The van der Waals surface area contributed by atoms with Crippen LogP contribution in [0.3, 0.4) is 0 Å². The van der Waals surface area contributed by atoms with Crippen molar-refractivity contribution in [1.29, 1.82) is 0 Å². The molecule has 4 aromatic rings. The summed E-state index contributed by atoms with van der Waals surface area (Å²) in [7, 11) is 0. The predicted octanol–water partition coefficient (Wildman–Crippen LogP) is 2.88. The highest BCUT2D eigenvalue weighted by Gasteiger charge is 2.11. The van der Waals surface area contributed by atoms with E-state index in [0.29, 0.717) is 28.6 Å². The average Bonchev–Trinajstić information content (AvgIpc) is 3.09. The maximum atomic E-state index is 13.3. The fourth-order valence-electron chi connectivity index (χ4n) is 2.77. The highest BCUT2D eigenvalue weighted by molar-refractivity contribution is 5.89. The molecule has 144 valence electrons. The van der Waals surface area contributed by atoms with Crippen molar-refractivity contribution in [2.45, 2.75) is 13.5 Å². The van der Waals surface area contributed by atoms with Crippen LogP contribution in [-0.2, 0) is 11.3 Å². The van der Waals surface area contributed by atoms with Crippen LogP contribution in [0.4, 0.5) is 10.2 Å². The summed E-state index contributed by atoms with van der Waals surface area (Å²) in [5.74, 6) is 0.233. The number of aryl methyl sites for hydroxylation is 1. The summed E-state index contributed by atoms with van der Waals surface area (Å²) in [5.41, 5.74) is 2.67. The Kier molecular flexibility index (Phi) is 5.02. The lowest BCUT2D eigenvalue weighted by Gasteiger charge is -2.07. The molecule has 0 radical (unpaired) electrons. The van der Waals surface area contributed by atoms with Crippen LogP contribution in [0.2, 0.25) is 0 Å². The number of rotatable bonds is 5. The van der Waals surface area contributed by atoms with Gasteiger partial charge in [0.15, 0.2) is 0 Å². The molecule has 0 fully saturated rings. The second-order valence-corrected chi connectivity index (χ2v) is 6.24. The highest BCUT2D eigenvalue weighted by Crippen LogP contribution is 2.19. The molecule has 0 atom stereocenters. The van der Waals surface area contributed by atoms with E-state index in [2.05, 4.69) is 30.2 Å². The molecule has 4 heterocycles. The van der Waals surface area contributed by atoms with Crippen LogP contribution in [0.1, 0.15) is 5.82 Å². The largest absolute Gasteiger partial charge is 0.325 e. The van der Waals surface area contributed by atoms with Gasteiger partial charge in [0.25, 0.3) is 0 Å². The number of amides is 1. The zero-order valence-corrected chi connectivity index (χ0v) is 15.5. The Labute approximate surface area is 165 Å². The number of halogens is 1. The molecular weight excluding hydrogens is 373 g/mol. The first-order valence-electron chi connectivity index (χ1n) is 8.76. The molecule has 4 aromatic heterocycles. The van der Waals surface area contributed by atoms with Gasteiger partial charge in [0, 0.05) is 48.2 Å². The third-order valence-electron chi connectivity index (χ3n) is 4.20. The molecule has 4 rings (SSSR count). The number of hydrogen-bond acceptors (Lipinski definition) is 6. The van der Waals surface area contributed by atoms with E-state index >= 15 is 0 Å². The van der Waals surface area contributed by atoms with Gasteiger partial charge in [0.1, 0.15) is 18.2 Å². The van der Waals surface area contributed by atoms with Gasteiger partial charge in [-0.1, -0.05) is 0 Å². The number of nitrogens with one attached hydrogen (secondary N) is 1. The van der Waals surface area contributed by atoms with E-state index in [9.17, 15) is 9.18 Å². The summed E-state index contributed by atoms with van der Waals surface area (Å²) < 4.78 is 15.0. The van der Waals surface area contributed by atoms with Crippen molar-refractivity contribution in [1.82, 2.24) is 29.5 Å². The normalized spacial score (nSPS) is 10.7. The van der Waals surface area contributed by atoms with Crippen LogP contribution in [0.5, 0.6) is 0 Å². The maximum Gasteiger partial charge on any atom is 0.245 e. The molecule has 0 saturated carbocycles. The van der Waals surface area contributed by atoms with E-state index in [1.165, 1.54) is 12.3 Å². The van der Waals surface area contributed by atoms with E-state index in [0.717, 1.165) is 5.56 Å². The number of hydrogen-bond donors (Lipinski definition) is 1. The van der Waals surface area contributed by atoms with Crippen molar-refractivity contribution >= 4 is 11.7 Å². The molecule has 0 aliphatic carbocycles. The summed E-state index contributed by atoms with van der Waals surface area (Å²) in [6.07, 6.45) is 9.55. The standard InChI is InChI=1S/C20H16FN7O/c1-13-26-17(14-4-5-24-18(21)8-14)11-28(13)12-20(29)27-19-3-2-15(9-25-19)16-10-22-6-7-23-16/h2-11H,12H2,1H3,(H,25,27,29). The Hall–Kier alpha value is -4.01. The average molecular weight is 389 g/mol. The molecular formula is C20H16FN7O. The minimum Gasteiger partial charge on any atom is -0.325 e. The Morgan fingerprint density at radius 3 is 2.66 bits per heavy atom. The first-order chi connectivity index (χ1) is 14.1. The van der Waals surface area contributed by atoms with Crippen LogP contribution >= 0.6 is 0 Å².